The van der Waals surface area contributed by atoms with Gasteiger partial charge in [0.15, 0.2) is 0 Å². The lowest BCUT2D eigenvalue weighted by Gasteiger charge is -2.09. The molecule has 16 heavy (non-hydrogen) atoms. The smallest absolute Gasteiger partial charge is 0.337 e. The fourth-order valence-corrected chi connectivity index (χ4v) is 1.59. The van der Waals surface area contributed by atoms with Crippen LogP contribution in [0.3, 0.4) is 0 Å². The van der Waals surface area contributed by atoms with Gasteiger partial charge in [0.05, 0.1) is 5.29 Å². The van der Waals surface area contributed by atoms with E-state index in [1.54, 1.807) is 0 Å². The molecule has 0 aromatic rings. The SMILES string of the molecule is CCCCCCCCCCN(N=O)C(N)=O. The minimum atomic E-state index is -0.766. The molecule has 0 aliphatic carbocycles. The van der Waals surface area contributed by atoms with Crippen LogP contribution in [-0.2, 0) is 0 Å². The topological polar surface area (TPSA) is 75.8 Å². The Balaban J connectivity index is 3.26. The fourth-order valence-electron chi connectivity index (χ4n) is 1.59. The third kappa shape index (κ3) is 8.20. The number of nitrogens with zero attached hydrogens (tertiary/aromatic N) is 2. The minimum absolute atomic E-state index is 0.341. The van der Waals surface area contributed by atoms with Gasteiger partial charge in [0.2, 0.25) is 0 Å². The van der Waals surface area contributed by atoms with Crippen LogP contribution < -0.4 is 5.73 Å². The quantitative estimate of drug-likeness (QED) is 0.355. The van der Waals surface area contributed by atoms with Gasteiger partial charge >= 0.3 is 6.03 Å². The van der Waals surface area contributed by atoms with Crippen molar-refractivity contribution in [2.75, 3.05) is 6.54 Å². The molecule has 0 fully saturated rings. The van der Waals surface area contributed by atoms with Gasteiger partial charge in [-0.05, 0) is 6.42 Å². The summed E-state index contributed by atoms with van der Waals surface area (Å²) in [4.78, 5) is 20.8. The molecule has 0 spiro atoms. The summed E-state index contributed by atoms with van der Waals surface area (Å²) in [6, 6.07) is -0.766. The third-order valence-electron chi connectivity index (χ3n) is 2.58. The number of hydrogen-bond acceptors (Lipinski definition) is 3. The highest BCUT2D eigenvalue weighted by Gasteiger charge is 2.07. The lowest BCUT2D eigenvalue weighted by molar-refractivity contribution is 0.207. The normalized spacial score (nSPS) is 10.1. The largest absolute Gasteiger partial charge is 0.350 e. The fraction of sp³-hybridized carbons (Fsp3) is 0.909. The van der Waals surface area contributed by atoms with Crippen molar-refractivity contribution in [2.45, 2.75) is 58.3 Å². The number of nitrogens with two attached hydrogens (primary N) is 1. The Kier molecular flexibility index (Phi) is 9.66. The monoisotopic (exact) mass is 229 g/mol. The molecule has 94 valence electrons. The first-order chi connectivity index (χ1) is 7.72. The number of primary amides is 1. The van der Waals surface area contributed by atoms with Crippen LogP contribution in [0.1, 0.15) is 58.3 Å². The molecule has 5 heteroatoms. The van der Waals surface area contributed by atoms with E-state index in [-0.39, 0.29) is 0 Å². The number of unbranched alkanes of at least 4 members (excludes halogenated alkanes) is 7. The van der Waals surface area contributed by atoms with Gasteiger partial charge in [-0.1, -0.05) is 51.9 Å². The summed E-state index contributed by atoms with van der Waals surface area (Å²) in [5, 5.41) is 3.33. The second kappa shape index (κ2) is 10.4. The molecule has 0 aromatic heterocycles. The number of nitroso groups, excluding NO2 is 1. The van der Waals surface area contributed by atoms with Gasteiger partial charge in [0, 0.05) is 6.54 Å². The zero-order valence-electron chi connectivity index (χ0n) is 10.2. The molecule has 0 aromatic carbocycles. The van der Waals surface area contributed by atoms with Crippen molar-refractivity contribution >= 4 is 6.03 Å². The van der Waals surface area contributed by atoms with Gasteiger partial charge in [-0.3, -0.25) is 0 Å². The number of hydrogen-bond donors (Lipinski definition) is 1. The van der Waals surface area contributed by atoms with E-state index in [1.807, 2.05) is 0 Å². The standard InChI is InChI=1S/C11H23N3O2/c1-2-3-4-5-6-7-8-9-10-14(13-16)11(12)15/h2-10H2,1H3,(H2,12,15). The molecule has 0 heterocycles. The Morgan fingerprint density at radius 3 is 2.00 bits per heavy atom. The van der Waals surface area contributed by atoms with Crippen LogP contribution in [0.4, 0.5) is 4.79 Å². The van der Waals surface area contributed by atoms with Crippen molar-refractivity contribution in [1.29, 1.82) is 0 Å². The van der Waals surface area contributed by atoms with Crippen LogP contribution in [0.2, 0.25) is 0 Å². The van der Waals surface area contributed by atoms with Crippen molar-refractivity contribution in [3.8, 4) is 0 Å². The van der Waals surface area contributed by atoms with E-state index in [9.17, 15) is 9.70 Å². The maximum absolute atomic E-state index is 10.6. The lowest BCUT2D eigenvalue weighted by Crippen LogP contribution is -2.31. The first-order valence-electron chi connectivity index (χ1n) is 6.12. The van der Waals surface area contributed by atoms with Crippen LogP contribution in [-0.4, -0.2) is 17.6 Å². The summed E-state index contributed by atoms with van der Waals surface area (Å²) in [5.41, 5.74) is 4.94. The molecule has 0 atom stereocenters. The molecule has 0 radical (unpaired) electrons. The van der Waals surface area contributed by atoms with E-state index in [0.717, 1.165) is 24.3 Å². The predicted octanol–water partition coefficient (Wildman–Crippen LogP) is 3.19. The Bertz CT molecular complexity index is 198. The van der Waals surface area contributed by atoms with Gasteiger partial charge in [0.25, 0.3) is 0 Å². The van der Waals surface area contributed by atoms with E-state index < -0.39 is 6.03 Å². The zero-order chi connectivity index (χ0) is 12.2. The average molecular weight is 229 g/mol. The molecule has 0 rings (SSSR count). The molecule has 0 aliphatic heterocycles. The average Bonchev–Trinajstić information content (AvgIpc) is 2.26. The minimum Gasteiger partial charge on any atom is -0.350 e. The summed E-state index contributed by atoms with van der Waals surface area (Å²) in [7, 11) is 0. The van der Waals surface area contributed by atoms with Crippen molar-refractivity contribution in [3.63, 3.8) is 0 Å². The van der Waals surface area contributed by atoms with Crippen LogP contribution in [0.15, 0.2) is 5.29 Å². The van der Waals surface area contributed by atoms with E-state index in [0.29, 0.717) is 6.54 Å². The first-order valence-corrected chi connectivity index (χ1v) is 6.12. The van der Waals surface area contributed by atoms with Crippen molar-refractivity contribution in [2.24, 2.45) is 11.0 Å². The van der Waals surface area contributed by atoms with Crippen LogP contribution in [0.5, 0.6) is 0 Å². The Labute approximate surface area is 97.3 Å². The summed E-state index contributed by atoms with van der Waals surface area (Å²) in [6.45, 7) is 2.54. The highest BCUT2D eigenvalue weighted by atomic mass is 16.3. The maximum atomic E-state index is 10.6. The molecule has 2 amide bonds. The molecule has 0 bridgehead atoms. The van der Waals surface area contributed by atoms with Crippen LogP contribution in [0.25, 0.3) is 0 Å². The van der Waals surface area contributed by atoms with Crippen molar-refractivity contribution in [3.05, 3.63) is 4.91 Å². The summed E-state index contributed by atoms with van der Waals surface area (Å²) in [5.74, 6) is 0. The predicted molar refractivity (Wildman–Crippen MR) is 64.7 cm³/mol. The maximum Gasteiger partial charge on any atom is 0.337 e. The third-order valence-corrected chi connectivity index (χ3v) is 2.58. The Morgan fingerprint density at radius 2 is 1.56 bits per heavy atom. The van der Waals surface area contributed by atoms with Crippen LogP contribution in [0, 0.1) is 4.91 Å². The molecule has 0 saturated heterocycles. The number of carbonyl (C=O) groups is 1. The number of carbonyl (C=O) groups excluding carboxylic acids is 1. The zero-order valence-corrected chi connectivity index (χ0v) is 10.2. The Morgan fingerprint density at radius 1 is 1.06 bits per heavy atom. The Hall–Kier alpha value is -1.13. The second-order valence-corrected chi connectivity index (χ2v) is 4.02. The molecule has 0 unspecified atom stereocenters. The van der Waals surface area contributed by atoms with E-state index in [2.05, 4.69) is 12.2 Å². The molecule has 5 nitrogen and oxygen atoms in total. The number of amides is 2. The molecule has 2 N–H and O–H groups in total. The molecule has 0 saturated carbocycles. The van der Waals surface area contributed by atoms with Gasteiger partial charge < -0.3 is 5.73 Å². The van der Waals surface area contributed by atoms with Gasteiger partial charge in [-0.2, -0.15) is 5.01 Å². The van der Waals surface area contributed by atoms with E-state index >= 15 is 0 Å². The number of urea groups is 1. The molecule has 0 aliphatic rings. The van der Waals surface area contributed by atoms with Gasteiger partial charge in [-0.15, -0.1) is 4.91 Å². The van der Waals surface area contributed by atoms with Crippen molar-refractivity contribution in [1.82, 2.24) is 5.01 Å². The highest BCUT2D eigenvalue weighted by molar-refractivity contribution is 5.71. The number of rotatable bonds is 10. The van der Waals surface area contributed by atoms with E-state index in [1.165, 1.54) is 32.1 Å². The summed E-state index contributed by atoms with van der Waals surface area (Å²) < 4.78 is 0. The summed E-state index contributed by atoms with van der Waals surface area (Å²) in [6.07, 6.45) is 9.34. The van der Waals surface area contributed by atoms with Gasteiger partial charge in [-0.25, -0.2) is 4.79 Å². The van der Waals surface area contributed by atoms with Crippen LogP contribution >= 0.6 is 0 Å². The van der Waals surface area contributed by atoms with Gasteiger partial charge in [0.1, 0.15) is 0 Å². The summed E-state index contributed by atoms with van der Waals surface area (Å²) >= 11 is 0. The second-order valence-electron chi connectivity index (χ2n) is 4.02. The molecular formula is C11H23N3O2. The molecular weight excluding hydrogens is 206 g/mol. The van der Waals surface area contributed by atoms with E-state index in [4.69, 9.17) is 5.73 Å². The first kappa shape index (κ1) is 14.9. The van der Waals surface area contributed by atoms with Crippen molar-refractivity contribution < 1.29 is 4.79 Å². The highest BCUT2D eigenvalue weighted by Crippen LogP contribution is 2.08. The lowest BCUT2D eigenvalue weighted by atomic mass is 10.1.